The summed E-state index contributed by atoms with van der Waals surface area (Å²) in [6, 6.07) is 8.81. The van der Waals surface area contributed by atoms with Crippen LogP contribution in [0, 0.1) is 0 Å². The highest BCUT2D eigenvalue weighted by molar-refractivity contribution is 5.94. The van der Waals surface area contributed by atoms with Gasteiger partial charge >= 0.3 is 0 Å². The third-order valence-electron chi connectivity index (χ3n) is 4.38. The molecule has 1 aliphatic carbocycles. The quantitative estimate of drug-likeness (QED) is 0.881. The molecule has 0 radical (unpaired) electrons. The van der Waals surface area contributed by atoms with Crippen LogP contribution in [0.2, 0.25) is 0 Å². The van der Waals surface area contributed by atoms with Crippen LogP contribution in [0.4, 0.5) is 5.69 Å². The summed E-state index contributed by atoms with van der Waals surface area (Å²) in [4.78, 5) is 33.2. The van der Waals surface area contributed by atoms with Crippen molar-refractivity contribution in [2.45, 2.75) is 31.7 Å². The molecule has 3 rings (SSSR count). The molecular weight excluding hydrogens is 304 g/mol. The Morgan fingerprint density at radius 1 is 1.29 bits per heavy atom. The number of aromatic amines is 1. The van der Waals surface area contributed by atoms with Crippen molar-refractivity contribution in [3.05, 3.63) is 57.8 Å². The first kappa shape index (κ1) is 16.2. The summed E-state index contributed by atoms with van der Waals surface area (Å²) in [6.07, 6.45) is 3.31. The van der Waals surface area contributed by atoms with E-state index in [-0.39, 0.29) is 18.0 Å². The number of carbonyl (C=O) groups is 1. The first-order chi connectivity index (χ1) is 11.5. The standard InChI is InChI=1S/C18H22N4O2/c1-22(2)15-8-6-13(7-9-15)18(24)19-11-14-10-16(23)21-17(20-14)12-4-3-5-12/h6-10,12H,3-5,11H2,1-2H3,(H,19,24)(H,20,21,23). The lowest BCUT2D eigenvalue weighted by atomic mass is 9.85. The lowest BCUT2D eigenvalue weighted by Crippen LogP contribution is -2.26. The molecule has 1 amide bonds. The number of hydrogen-bond acceptors (Lipinski definition) is 4. The van der Waals surface area contributed by atoms with Gasteiger partial charge < -0.3 is 15.2 Å². The molecule has 1 heterocycles. The minimum atomic E-state index is -0.174. The number of anilines is 1. The van der Waals surface area contributed by atoms with E-state index in [2.05, 4.69) is 15.3 Å². The van der Waals surface area contributed by atoms with E-state index in [0.717, 1.165) is 24.4 Å². The third-order valence-corrected chi connectivity index (χ3v) is 4.38. The molecular formula is C18H22N4O2. The van der Waals surface area contributed by atoms with E-state index in [4.69, 9.17) is 0 Å². The number of amides is 1. The number of nitrogens with zero attached hydrogens (tertiary/aromatic N) is 2. The van der Waals surface area contributed by atoms with Crippen molar-refractivity contribution in [1.29, 1.82) is 0 Å². The van der Waals surface area contributed by atoms with E-state index in [0.29, 0.717) is 17.2 Å². The zero-order chi connectivity index (χ0) is 17.1. The van der Waals surface area contributed by atoms with Gasteiger partial charge in [0, 0.05) is 37.3 Å². The van der Waals surface area contributed by atoms with Crippen molar-refractivity contribution in [3.8, 4) is 0 Å². The highest BCUT2D eigenvalue weighted by Crippen LogP contribution is 2.33. The maximum absolute atomic E-state index is 12.2. The fraction of sp³-hybridized carbons (Fsp3) is 0.389. The first-order valence-electron chi connectivity index (χ1n) is 8.18. The van der Waals surface area contributed by atoms with Crippen LogP contribution in [-0.4, -0.2) is 30.0 Å². The lowest BCUT2D eigenvalue weighted by Gasteiger charge is -2.24. The van der Waals surface area contributed by atoms with Gasteiger partial charge in [0.15, 0.2) is 0 Å². The van der Waals surface area contributed by atoms with Gasteiger partial charge in [-0.1, -0.05) is 6.42 Å². The summed E-state index contributed by atoms with van der Waals surface area (Å²) in [6.45, 7) is 0.248. The van der Waals surface area contributed by atoms with E-state index >= 15 is 0 Å². The average Bonchev–Trinajstić information content (AvgIpc) is 2.50. The van der Waals surface area contributed by atoms with E-state index in [1.165, 1.54) is 12.5 Å². The molecule has 1 saturated carbocycles. The highest BCUT2D eigenvalue weighted by Gasteiger charge is 2.22. The monoisotopic (exact) mass is 326 g/mol. The molecule has 1 aromatic heterocycles. The number of H-pyrrole nitrogens is 1. The van der Waals surface area contributed by atoms with Crippen molar-refractivity contribution in [3.63, 3.8) is 0 Å². The Balaban J connectivity index is 1.65. The molecule has 1 aromatic carbocycles. The molecule has 24 heavy (non-hydrogen) atoms. The number of hydrogen-bond donors (Lipinski definition) is 2. The Bertz CT molecular complexity index is 776. The minimum Gasteiger partial charge on any atom is -0.378 e. The lowest BCUT2D eigenvalue weighted by molar-refractivity contribution is 0.0950. The second kappa shape index (κ2) is 6.86. The third kappa shape index (κ3) is 3.64. The van der Waals surface area contributed by atoms with E-state index in [1.807, 2.05) is 31.1 Å². The number of carbonyl (C=O) groups excluding carboxylic acids is 1. The number of aromatic nitrogens is 2. The van der Waals surface area contributed by atoms with Crippen LogP contribution in [-0.2, 0) is 6.54 Å². The van der Waals surface area contributed by atoms with Gasteiger partial charge in [0.1, 0.15) is 5.82 Å². The Hall–Kier alpha value is -2.63. The van der Waals surface area contributed by atoms with Gasteiger partial charge in [-0.15, -0.1) is 0 Å². The van der Waals surface area contributed by atoms with Crippen LogP contribution in [0.15, 0.2) is 35.1 Å². The summed E-state index contributed by atoms with van der Waals surface area (Å²) >= 11 is 0. The summed E-state index contributed by atoms with van der Waals surface area (Å²) in [5.74, 6) is 0.924. The van der Waals surface area contributed by atoms with Crippen LogP contribution in [0.5, 0.6) is 0 Å². The van der Waals surface area contributed by atoms with Gasteiger partial charge in [-0.25, -0.2) is 4.98 Å². The number of benzene rings is 1. The van der Waals surface area contributed by atoms with Crippen molar-refractivity contribution in [2.75, 3.05) is 19.0 Å². The number of rotatable bonds is 5. The molecule has 0 bridgehead atoms. The average molecular weight is 326 g/mol. The van der Waals surface area contributed by atoms with Crippen molar-refractivity contribution in [1.82, 2.24) is 15.3 Å². The maximum Gasteiger partial charge on any atom is 0.251 e. The smallest absolute Gasteiger partial charge is 0.251 e. The molecule has 0 spiro atoms. The fourth-order valence-electron chi connectivity index (χ4n) is 2.68. The minimum absolute atomic E-state index is 0.161. The van der Waals surface area contributed by atoms with Crippen molar-refractivity contribution < 1.29 is 4.79 Å². The molecule has 126 valence electrons. The van der Waals surface area contributed by atoms with Gasteiger partial charge in [-0.2, -0.15) is 0 Å². The summed E-state index contributed by atoms with van der Waals surface area (Å²) in [5.41, 5.74) is 2.06. The Morgan fingerprint density at radius 3 is 2.58 bits per heavy atom. The molecule has 1 fully saturated rings. The predicted octanol–water partition coefficient (Wildman–Crippen LogP) is 2.03. The second-order valence-electron chi connectivity index (χ2n) is 6.37. The molecule has 1 aliphatic rings. The topological polar surface area (TPSA) is 78.1 Å². The van der Waals surface area contributed by atoms with Crippen LogP contribution in [0.25, 0.3) is 0 Å². The van der Waals surface area contributed by atoms with Gasteiger partial charge in [-0.05, 0) is 37.1 Å². The van der Waals surface area contributed by atoms with Crippen LogP contribution >= 0.6 is 0 Å². The van der Waals surface area contributed by atoms with E-state index in [9.17, 15) is 9.59 Å². The first-order valence-corrected chi connectivity index (χ1v) is 8.18. The molecule has 0 unspecified atom stereocenters. The zero-order valence-electron chi connectivity index (χ0n) is 14.0. The molecule has 0 atom stereocenters. The van der Waals surface area contributed by atoms with Crippen LogP contribution in [0.3, 0.4) is 0 Å². The predicted molar refractivity (Wildman–Crippen MR) is 93.4 cm³/mol. The molecule has 0 aliphatic heterocycles. The van der Waals surface area contributed by atoms with Crippen molar-refractivity contribution in [2.24, 2.45) is 0 Å². The summed E-state index contributed by atoms with van der Waals surface area (Å²) in [5, 5.41) is 2.83. The van der Waals surface area contributed by atoms with Gasteiger partial charge in [0.2, 0.25) is 0 Å². The Labute approximate surface area is 140 Å². The highest BCUT2D eigenvalue weighted by atomic mass is 16.1. The second-order valence-corrected chi connectivity index (χ2v) is 6.37. The number of nitrogens with one attached hydrogen (secondary N) is 2. The molecule has 2 aromatic rings. The summed E-state index contributed by atoms with van der Waals surface area (Å²) in [7, 11) is 3.90. The largest absolute Gasteiger partial charge is 0.378 e. The Morgan fingerprint density at radius 2 is 2.00 bits per heavy atom. The van der Waals surface area contributed by atoms with Crippen LogP contribution < -0.4 is 15.8 Å². The fourth-order valence-corrected chi connectivity index (χ4v) is 2.68. The van der Waals surface area contributed by atoms with E-state index < -0.39 is 0 Å². The molecule has 2 N–H and O–H groups in total. The van der Waals surface area contributed by atoms with Gasteiger partial charge in [-0.3, -0.25) is 9.59 Å². The van der Waals surface area contributed by atoms with E-state index in [1.54, 1.807) is 12.1 Å². The normalized spacial score (nSPS) is 14.1. The summed E-state index contributed by atoms with van der Waals surface area (Å²) < 4.78 is 0. The molecule has 0 saturated heterocycles. The van der Waals surface area contributed by atoms with Gasteiger partial charge in [0.25, 0.3) is 11.5 Å². The maximum atomic E-state index is 12.2. The zero-order valence-corrected chi connectivity index (χ0v) is 14.0. The molecule has 6 heteroatoms. The van der Waals surface area contributed by atoms with Crippen LogP contribution in [0.1, 0.15) is 47.1 Å². The molecule has 6 nitrogen and oxygen atoms in total. The van der Waals surface area contributed by atoms with Gasteiger partial charge in [0.05, 0.1) is 12.2 Å². The van der Waals surface area contributed by atoms with Crippen molar-refractivity contribution >= 4 is 11.6 Å². The Kier molecular flexibility index (Phi) is 4.64. The SMILES string of the molecule is CN(C)c1ccc(C(=O)NCc2cc(=O)[nH]c(C3CCC3)n2)cc1.